The molecule has 1 aliphatic heterocycles. The van der Waals surface area contributed by atoms with Gasteiger partial charge in [0.2, 0.25) is 16.6 Å². The Morgan fingerprint density at radius 2 is 1.58 bits per heavy atom. The van der Waals surface area contributed by atoms with Gasteiger partial charge in [0.05, 0.1) is 10.4 Å². The van der Waals surface area contributed by atoms with E-state index in [1.54, 1.807) is 53.5 Å². The third-order valence-electron chi connectivity index (χ3n) is 5.32. The molecule has 4 nitrogen and oxygen atoms in total. The molecule has 0 aromatic carbocycles. The van der Waals surface area contributed by atoms with Gasteiger partial charge in [-0.15, -0.1) is 0 Å². The molecule has 1 saturated heterocycles. The highest BCUT2D eigenvalue weighted by Crippen LogP contribution is 2.67. The number of hydrogen-bond donors (Lipinski definition) is 2. The highest BCUT2D eigenvalue weighted by molar-refractivity contribution is 6.90. The zero-order valence-electron chi connectivity index (χ0n) is 15.8. The first-order valence-corrected chi connectivity index (χ1v) is 16.5. The molecule has 3 atom stereocenters. The summed E-state index contributed by atoms with van der Waals surface area (Å²) in [4.78, 5) is 20.7. The maximum absolute atomic E-state index is 13.1. The maximum Gasteiger partial charge on any atom is 0.389 e. The quantitative estimate of drug-likeness (QED) is 0.633. The molecule has 0 spiro atoms. The Hall–Kier alpha value is 0.281. The fourth-order valence-corrected chi connectivity index (χ4v) is 13.0. The number of hydrogen-bond acceptors (Lipinski definition) is 4. The molecular formula is C14H31F3O4Si3. The summed E-state index contributed by atoms with van der Waals surface area (Å²) in [7, 11) is -8.77. The van der Waals surface area contributed by atoms with Crippen molar-refractivity contribution in [3.05, 3.63) is 0 Å². The van der Waals surface area contributed by atoms with Gasteiger partial charge in [-0.3, -0.25) is 0 Å². The minimum Gasteiger partial charge on any atom is -0.429 e. The lowest BCUT2D eigenvalue weighted by Crippen LogP contribution is -2.57. The summed E-state index contributed by atoms with van der Waals surface area (Å²) in [6.45, 7) is 13.5. The molecule has 0 aromatic rings. The molecule has 144 valence electrons. The molecular weight excluding hydrogens is 373 g/mol. The van der Waals surface area contributed by atoms with Crippen LogP contribution in [0.5, 0.6) is 0 Å². The van der Waals surface area contributed by atoms with Crippen LogP contribution < -0.4 is 0 Å². The maximum atomic E-state index is 13.1. The zero-order chi connectivity index (χ0) is 19.4. The predicted octanol–water partition coefficient (Wildman–Crippen LogP) is 3.83. The van der Waals surface area contributed by atoms with Gasteiger partial charge in [-0.05, 0) is 53.0 Å². The molecule has 0 bridgehead atoms. The highest BCUT2D eigenvalue weighted by atomic mass is 28.4. The van der Waals surface area contributed by atoms with Crippen molar-refractivity contribution < 1.29 is 31.6 Å². The van der Waals surface area contributed by atoms with Gasteiger partial charge < -0.3 is 18.4 Å². The first-order chi connectivity index (χ1) is 10.3. The van der Waals surface area contributed by atoms with E-state index in [1.165, 1.54) is 0 Å². The standard InChI is InChI=1S/C14H31F3O4Si3/c1-9-13(21-23(6,7)19)11(10-14(15,16)17)24(13,8)20-12(2,3)22(4,5)18/h11,18-19H,9-10H2,1-8H3. The average Bonchev–Trinajstić information content (AvgIpc) is 2.71. The average molecular weight is 405 g/mol. The van der Waals surface area contributed by atoms with Gasteiger partial charge in [0.25, 0.3) is 0 Å². The molecule has 1 fully saturated rings. The van der Waals surface area contributed by atoms with Crippen molar-refractivity contribution in [3.63, 3.8) is 0 Å². The number of alkyl halides is 3. The second-order valence-electron chi connectivity index (χ2n) is 8.44. The lowest BCUT2D eigenvalue weighted by molar-refractivity contribution is -0.137. The topological polar surface area (TPSA) is 58.9 Å². The van der Waals surface area contributed by atoms with Gasteiger partial charge in [0.1, 0.15) is 0 Å². The van der Waals surface area contributed by atoms with E-state index in [1.807, 2.05) is 0 Å². The van der Waals surface area contributed by atoms with Crippen LogP contribution in [0.3, 0.4) is 0 Å². The predicted molar refractivity (Wildman–Crippen MR) is 94.7 cm³/mol. The third-order valence-corrected chi connectivity index (χ3v) is 14.7. The van der Waals surface area contributed by atoms with Crippen molar-refractivity contribution in [1.82, 2.24) is 0 Å². The van der Waals surface area contributed by atoms with Crippen LogP contribution in [0.1, 0.15) is 33.6 Å². The molecule has 2 N–H and O–H groups in total. The first kappa shape index (κ1) is 22.3. The number of halogens is 3. The van der Waals surface area contributed by atoms with E-state index in [0.717, 1.165) is 0 Å². The minimum absolute atomic E-state index is 0.358. The Morgan fingerprint density at radius 1 is 1.12 bits per heavy atom. The summed E-state index contributed by atoms with van der Waals surface area (Å²) >= 11 is 0. The van der Waals surface area contributed by atoms with E-state index in [-0.39, 0.29) is 0 Å². The lowest BCUT2D eigenvalue weighted by Gasteiger charge is -2.39. The molecule has 0 saturated carbocycles. The largest absolute Gasteiger partial charge is 0.429 e. The van der Waals surface area contributed by atoms with Crippen molar-refractivity contribution in [2.24, 2.45) is 0 Å². The lowest BCUT2D eigenvalue weighted by atomic mass is 10.1. The van der Waals surface area contributed by atoms with Gasteiger partial charge >= 0.3 is 14.7 Å². The van der Waals surface area contributed by atoms with Crippen molar-refractivity contribution in [1.29, 1.82) is 0 Å². The van der Waals surface area contributed by atoms with E-state index < -0.39 is 53.8 Å². The summed E-state index contributed by atoms with van der Waals surface area (Å²) in [5.74, 6) is 0. The van der Waals surface area contributed by atoms with Crippen molar-refractivity contribution in [2.45, 2.75) is 88.5 Å². The van der Waals surface area contributed by atoms with E-state index in [4.69, 9.17) is 8.85 Å². The number of rotatable bonds is 7. The van der Waals surface area contributed by atoms with Crippen LogP contribution in [0.4, 0.5) is 13.2 Å². The first-order valence-electron chi connectivity index (χ1n) is 8.23. The van der Waals surface area contributed by atoms with Crippen LogP contribution in [0, 0.1) is 0 Å². The fraction of sp³-hybridized carbons (Fsp3) is 1.00. The van der Waals surface area contributed by atoms with Gasteiger partial charge in [-0.25, -0.2) is 0 Å². The summed E-state index contributed by atoms with van der Waals surface area (Å²) < 4.78 is 51.4. The fourth-order valence-electron chi connectivity index (χ4n) is 3.42. The van der Waals surface area contributed by atoms with Crippen LogP contribution in [0.15, 0.2) is 0 Å². The van der Waals surface area contributed by atoms with Gasteiger partial charge in [-0.2, -0.15) is 13.2 Å². The second-order valence-corrected chi connectivity index (χ2v) is 19.8. The summed E-state index contributed by atoms with van der Waals surface area (Å²) in [5.41, 5.74) is -0.774. The Bertz CT molecular complexity index is 473. The van der Waals surface area contributed by atoms with E-state index >= 15 is 0 Å². The highest BCUT2D eigenvalue weighted by Gasteiger charge is 2.81. The van der Waals surface area contributed by atoms with E-state index in [0.29, 0.717) is 6.42 Å². The Morgan fingerprint density at radius 3 is 1.88 bits per heavy atom. The van der Waals surface area contributed by atoms with E-state index in [2.05, 4.69) is 0 Å². The molecule has 10 heteroatoms. The molecule has 3 unspecified atom stereocenters. The van der Waals surface area contributed by atoms with Crippen molar-refractivity contribution in [3.8, 4) is 0 Å². The zero-order valence-corrected chi connectivity index (χ0v) is 18.8. The van der Waals surface area contributed by atoms with Gasteiger partial charge in [-0.1, -0.05) is 6.92 Å². The van der Waals surface area contributed by atoms with Gasteiger partial charge in [0.15, 0.2) is 0 Å². The van der Waals surface area contributed by atoms with Crippen LogP contribution in [0.25, 0.3) is 0 Å². The van der Waals surface area contributed by atoms with E-state index in [9.17, 15) is 22.8 Å². The smallest absolute Gasteiger partial charge is 0.389 e. The molecule has 24 heavy (non-hydrogen) atoms. The molecule has 1 heterocycles. The van der Waals surface area contributed by atoms with Gasteiger partial charge in [0, 0.05) is 12.0 Å². The third kappa shape index (κ3) is 4.33. The second kappa shape index (κ2) is 6.17. The minimum atomic E-state index is -4.32. The molecule has 0 amide bonds. The molecule has 0 aliphatic carbocycles. The summed E-state index contributed by atoms with van der Waals surface area (Å²) in [6.07, 6.45) is -4.94. The summed E-state index contributed by atoms with van der Waals surface area (Å²) in [6, 6.07) is 0. The Balaban J connectivity index is 3.24. The Labute approximate surface area is 145 Å². The SMILES string of the molecule is CCC1(O[Si](C)(C)O)C(CC(F)(F)F)[Si]1(C)OC(C)(C)[Si](C)(C)O. The molecule has 0 aromatic heterocycles. The Kier molecular flexibility index (Phi) is 5.74. The molecule has 1 aliphatic rings. The van der Waals surface area contributed by atoms with Crippen LogP contribution in [-0.4, -0.2) is 51.4 Å². The summed E-state index contributed by atoms with van der Waals surface area (Å²) in [5, 5.41) is -1.94. The monoisotopic (exact) mass is 404 g/mol. The van der Waals surface area contributed by atoms with Crippen LogP contribution in [0.2, 0.25) is 38.3 Å². The van der Waals surface area contributed by atoms with Crippen molar-refractivity contribution >= 4 is 25.2 Å². The van der Waals surface area contributed by atoms with Crippen LogP contribution >= 0.6 is 0 Å². The molecule has 0 radical (unpaired) electrons. The molecule has 1 rings (SSSR count). The normalized spacial score (nSPS) is 32.1. The van der Waals surface area contributed by atoms with Crippen LogP contribution in [-0.2, 0) is 8.85 Å². The van der Waals surface area contributed by atoms with Crippen molar-refractivity contribution in [2.75, 3.05) is 0 Å².